The summed E-state index contributed by atoms with van der Waals surface area (Å²) >= 11 is 0. The Balaban J connectivity index is 2.47. The molecule has 0 aliphatic rings. The number of carbonyl (C=O) groups is 2. The summed E-state index contributed by atoms with van der Waals surface area (Å²) in [5.74, 6) is 0.329. The van der Waals surface area contributed by atoms with Crippen LogP contribution in [0.2, 0.25) is 0 Å². The zero-order chi connectivity index (χ0) is 15.0. The number of hydrogen-bond donors (Lipinski definition) is 1. The monoisotopic (exact) mass is 280 g/mol. The van der Waals surface area contributed by atoms with Crippen molar-refractivity contribution in [3.63, 3.8) is 0 Å². The Bertz CT molecular complexity index is 413. The molecule has 0 aliphatic carbocycles. The van der Waals surface area contributed by atoms with E-state index in [0.29, 0.717) is 37.5 Å². The van der Waals surface area contributed by atoms with Gasteiger partial charge in [-0.15, -0.1) is 0 Å². The molecule has 0 fully saturated rings. The summed E-state index contributed by atoms with van der Waals surface area (Å²) in [6.07, 6.45) is 4.10. The third-order valence-electron chi connectivity index (χ3n) is 2.87. The van der Waals surface area contributed by atoms with Crippen molar-refractivity contribution < 1.29 is 14.0 Å². The van der Waals surface area contributed by atoms with Crippen molar-refractivity contribution in [1.82, 2.24) is 10.2 Å². The Morgan fingerprint density at radius 1 is 1.35 bits per heavy atom. The molecule has 0 saturated carbocycles. The number of amides is 2. The first-order valence-electron chi connectivity index (χ1n) is 7.12. The fraction of sp³-hybridized carbons (Fsp3) is 0.600. The molecule has 0 saturated heterocycles. The number of nitrogens with one attached hydrogen (secondary N) is 1. The van der Waals surface area contributed by atoms with Crippen LogP contribution >= 0.6 is 0 Å². The average Bonchev–Trinajstić information content (AvgIpc) is 2.94. The number of rotatable bonds is 8. The number of nitrogens with zero attached hydrogens (tertiary/aromatic N) is 1. The maximum absolute atomic E-state index is 12.2. The highest BCUT2D eigenvalue weighted by molar-refractivity contribution is 5.94. The minimum atomic E-state index is -0.0859. The van der Waals surface area contributed by atoms with Crippen molar-refractivity contribution in [2.45, 2.75) is 33.6 Å². The summed E-state index contributed by atoms with van der Waals surface area (Å²) in [5, 5.41) is 2.86. The molecule has 1 N–H and O–H groups in total. The van der Waals surface area contributed by atoms with Gasteiger partial charge in [0.15, 0.2) is 0 Å². The molecule has 5 nitrogen and oxygen atoms in total. The van der Waals surface area contributed by atoms with Crippen LogP contribution in [0.25, 0.3) is 0 Å². The van der Waals surface area contributed by atoms with Gasteiger partial charge < -0.3 is 14.6 Å². The second kappa shape index (κ2) is 8.40. The summed E-state index contributed by atoms with van der Waals surface area (Å²) in [4.78, 5) is 25.6. The van der Waals surface area contributed by atoms with E-state index in [9.17, 15) is 9.59 Å². The van der Waals surface area contributed by atoms with E-state index in [4.69, 9.17) is 4.42 Å². The summed E-state index contributed by atoms with van der Waals surface area (Å²) in [7, 11) is 0. The van der Waals surface area contributed by atoms with Crippen LogP contribution in [0.4, 0.5) is 0 Å². The standard InChI is InChI=1S/C15H24N2O3/c1-4-7-17(15(19)13-6-9-20-11-13)8-5-14(18)16-10-12(2)3/h6,9,11-12H,4-5,7-8,10H2,1-3H3,(H,16,18). The minimum absolute atomic E-state index is 0.0141. The van der Waals surface area contributed by atoms with Crippen molar-refractivity contribution in [3.05, 3.63) is 24.2 Å². The van der Waals surface area contributed by atoms with Crippen molar-refractivity contribution >= 4 is 11.8 Å². The molecule has 1 aromatic rings. The van der Waals surface area contributed by atoms with Gasteiger partial charge in [-0.05, 0) is 18.4 Å². The molecule has 0 aliphatic heterocycles. The first-order chi connectivity index (χ1) is 9.54. The predicted octanol–water partition coefficient (Wildman–Crippen LogP) is 2.29. The van der Waals surface area contributed by atoms with Crippen molar-refractivity contribution in [1.29, 1.82) is 0 Å². The van der Waals surface area contributed by atoms with Crippen LogP contribution in [0.5, 0.6) is 0 Å². The quantitative estimate of drug-likeness (QED) is 0.794. The largest absolute Gasteiger partial charge is 0.472 e. The first-order valence-corrected chi connectivity index (χ1v) is 7.12. The summed E-state index contributed by atoms with van der Waals surface area (Å²) in [5.41, 5.74) is 0.529. The smallest absolute Gasteiger partial charge is 0.257 e. The Morgan fingerprint density at radius 3 is 2.65 bits per heavy atom. The van der Waals surface area contributed by atoms with Gasteiger partial charge in [0, 0.05) is 26.1 Å². The first kappa shape index (κ1) is 16.3. The third-order valence-corrected chi connectivity index (χ3v) is 2.87. The SMILES string of the molecule is CCCN(CCC(=O)NCC(C)C)C(=O)c1ccoc1. The van der Waals surface area contributed by atoms with E-state index in [1.54, 1.807) is 11.0 Å². The van der Waals surface area contributed by atoms with Crippen molar-refractivity contribution in [2.24, 2.45) is 5.92 Å². The van der Waals surface area contributed by atoms with Gasteiger partial charge in [-0.2, -0.15) is 0 Å². The van der Waals surface area contributed by atoms with E-state index < -0.39 is 0 Å². The topological polar surface area (TPSA) is 62.6 Å². The molecule has 0 atom stereocenters. The Hall–Kier alpha value is -1.78. The molecular weight excluding hydrogens is 256 g/mol. The zero-order valence-electron chi connectivity index (χ0n) is 12.5. The van der Waals surface area contributed by atoms with E-state index >= 15 is 0 Å². The predicted molar refractivity (Wildman–Crippen MR) is 77.4 cm³/mol. The Kier molecular flexibility index (Phi) is 6.84. The number of carbonyl (C=O) groups excluding carboxylic acids is 2. The summed E-state index contributed by atoms with van der Waals surface area (Å²) < 4.78 is 4.93. The fourth-order valence-corrected chi connectivity index (χ4v) is 1.80. The van der Waals surface area contributed by atoms with Gasteiger partial charge in [-0.3, -0.25) is 9.59 Å². The molecule has 0 spiro atoms. The van der Waals surface area contributed by atoms with Crippen LogP contribution in [0.15, 0.2) is 23.0 Å². The number of furan rings is 1. The second-order valence-corrected chi connectivity index (χ2v) is 5.25. The van der Waals surface area contributed by atoms with Gasteiger partial charge >= 0.3 is 0 Å². The Labute approximate surface area is 120 Å². The maximum atomic E-state index is 12.2. The molecule has 1 heterocycles. The molecule has 2 amide bonds. The molecule has 112 valence electrons. The van der Waals surface area contributed by atoms with Gasteiger partial charge in [-0.1, -0.05) is 20.8 Å². The summed E-state index contributed by atoms with van der Waals surface area (Å²) in [6, 6.07) is 1.64. The zero-order valence-corrected chi connectivity index (χ0v) is 12.5. The van der Waals surface area contributed by atoms with Gasteiger partial charge in [0.05, 0.1) is 11.8 Å². The molecule has 1 aromatic heterocycles. The van der Waals surface area contributed by atoms with Crippen LogP contribution in [0, 0.1) is 5.92 Å². The normalized spacial score (nSPS) is 10.6. The van der Waals surface area contributed by atoms with Crippen LogP contribution in [-0.4, -0.2) is 36.3 Å². The second-order valence-electron chi connectivity index (χ2n) is 5.25. The molecular formula is C15H24N2O3. The highest BCUT2D eigenvalue weighted by Crippen LogP contribution is 2.07. The van der Waals surface area contributed by atoms with E-state index in [1.807, 2.05) is 20.8 Å². The lowest BCUT2D eigenvalue weighted by Crippen LogP contribution is -2.36. The third kappa shape index (κ3) is 5.47. The molecule has 1 rings (SSSR count). The lowest BCUT2D eigenvalue weighted by atomic mass is 10.2. The van der Waals surface area contributed by atoms with Gasteiger partial charge in [0.1, 0.15) is 6.26 Å². The van der Waals surface area contributed by atoms with E-state index in [0.717, 1.165) is 6.42 Å². The van der Waals surface area contributed by atoms with Gasteiger partial charge in [0.25, 0.3) is 5.91 Å². The van der Waals surface area contributed by atoms with E-state index in [1.165, 1.54) is 12.5 Å². The fourth-order valence-electron chi connectivity index (χ4n) is 1.80. The van der Waals surface area contributed by atoms with Crippen LogP contribution in [-0.2, 0) is 4.79 Å². The highest BCUT2D eigenvalue weighted by Gasteiger charge is 2.17. The van der Waals surface area contributed by atoms with Crippen molar-refractivity contribution in [3.8, 4) is 0 Å². The minimum Gasteiger partial charge on any atom is -0.472 e. The molecule has 0 unspecified atom stereocenters. The summed E-state index contributed by atoms with van der Waals surface area (Å²) in [6.45, 7) is 7.85. The number of hydrogen-bond acceptors (Lipinski definition) is 3. The lowest BCUT2D eigenvalue weighted by molar-refractivity contribution is -0.121. The average molecular weight is 280 g/mol. The van der Waals surface area contributed by atoms with Gasteiger partial charge in [0.2, 0.25) is 5.91 Å². The van der Waals surface area contributed by atoms with Gasteiger partial charge in [-0.25, -0.2) is 0 Å². The van der Waals surface area contributed by atoms with Crippen molar-refractivity contribution in [2.75, 3.05) is 19.6 Å². The van der Waals surface area contributed by atoms with Crippen LogP contribution in [0.1, 0.15) is 44.0 Å². The van der Waals surface area contributed by atoms with Crippen LogP contribution in [0.3, 0.4) is 0 Å². The van der Waals surface area contributed by atoms with E-state index in [2.05, 4.69) is 5.32 Å². The van der Waals surface area contributed by atoms with E-state index in [-0.39, 0.29) is 11.8 Å². The molecule has 0 aromatic carbocycles. The molecule has 5 heteroatoms. The van der Waals surface area contributed by atoms with Crippen LogP contribution < -0.4 is 5.32 Å². The molecule has 20 heavy (non-hydrogen) atoms. The highest BCUT2D eigenvalue weighted by atomic mass is 16.3. The molecule has 0 bridgehead atoms. The lowest BCUT2D eigenvalue weighted by Gasteiger charge is -2.21. The Morgan fingerprint density at radius 2 is 2.10 bits per heavy atom. The molecule has 0 radical (unpaired) electrons. The maximum Gasteiger partial charge on any atom is 0.257 e.